The molecule has 1 aliphatic heterocycles. The van der Waals surface area contributed by atoms with Gasteiger partial charge in [0.1, 0.15) is 12.4 Å². The molecule has 2 rings (SSSR count). The number of ether oxygens (including phenoxy) is 1. The molecule has 0 atom stereocenters. The molecular weight excluding hydrogens is 365 g/mol. The smallest absolute Gasteiger partial charge is 0.193 e. The molecule has 0 aliphatic carbocycles. The van der Waals surface area contributed by atoms with E-state index in [1.165, 1.54) is 0 Å². The SMILES string of the molecule is CN1CCN=C1NCCOc1ccccc1Cl.I. The van der Waals surface area contributed by atoms with Crippen LogP contribution in [0.5, 0.6) is 5.75 Å². The summed E-state index contributed by atoms with van der Waals surface area (Å²) in [7, 11) is 2.02. The second-order valence-corrected chi connectivity index (χ2v) is 4.24. The lowest BCUT2D eigenvalue weighted by molar-refractivity contribution is 0.320. The Bertz CT molecular complexity index is 414. The van der Waals surface area contributed by atoms with Gasteiger partial charge in [-0.05, 0) is 12.1 Å². The monoisotopic (exact) mass is 381 g/mol. The number of likely N-dealkylation sites (N-methyl/N-ethyl adjacent to an activating group) is 1. The first-order valence-corrected chi connectivity index (χ1v) is 6.02. The van der Waals surface area contributed by atoms with Crippen LogP contribution in [0, 0.1) is 0 Å². The Kier molecular flexibility index (Phi) is 6.56. The van der Waals surface area contributed by atoms with Crippen molar-refractivity contribution in [3.05, 3.63) is 29.3 Å². The second kappa shape index (κ2) is 7.68. The van der Waals surface area contributed by atoms with Crippen LogP contribution in [-0.2, 0) is 0 Å². The molecule has 100 valence electrons. The summed E-state index contributed by atoms with van der Waals surface area (Å²) in [6.45, 7) is 3.13. The van der Waals surface area contributed by atoms with Gasteiger partial charge in [0.2, 0.25) is 0 Å². The Balaban J connectivity index is 0.00000162. The largest absolute Gasteiger partial charge is 0.490 e. The van der Waals surface area contributed by atoms with Crippen LogP contribution in [0.25, 0.3) is 0 Å². The Hall–Kier alpha value is -0.690. The fourth-order valence-corrected chi connectivity index (χ4v) is 1.80. The lowest BCUT2D eigenvalue weighted by Gasteiger charge is -2.15. The normalized spacial score (nSPS) is 13.9. The molecule has 1 aromatic carbocycles. The van der Waals surface area contributed by atoms with E-state index in [0.717, 1.165) is 24.8 Å². The number of nitrogens with one attached hydrogen (secondary N) is 1. The zero-order valence-corrected chi connectivity index (χ0v) is 13.3. The van der Waals surface area contributed by atoms with Crippen molar-refractivity contribution in [1.29, 1.82) is 0 Å². The molecule has 1 N–H and O–H groups in total. The van der Waals surface area contributed by atoms with E-state index in [1.807, 2.05) is 31.3 Å². The molecule has 0 amide bonds. The molecule has 0 fully saturated rings. The summed E-state index contributed by atoms with van der Waals surface area (Å²) in [6.07, 6.45) is 0. The number of aliphatic imine (C=N–C) groups is 1. The quantitative estimate of drug-likeness (QED) is 0.642. The van der Waals surface area contributed by atoms with E-state index in [2.05, 4.69) is 15.2 Å². The van der Waals surface area contributed by atoms with Gasteiger partial charge in [0.05, 0.1) is 18.1 Å². The zero-order chi connectivity index (χ0) is 12.1. The third-order valence-electron chi connectivity index (χ3n) is 2.54. The van der Waals surface area contributed by atoms with Crippen molar-refractivity contribution in [1.82, 2.24) is 10.2 Å². The maximum atomic E-state index is 5.98. The first-order valence-electron chi connectivity index (χ1n) is 5.64. The standard InChI is InChI=1S/C12H16ClN3O.HI/c1-16-8-6-14-12(16)15-7-9-17-11-5-3-2-4-10(11)13;/h2-5H,6-9H2,1H3,(H,14,15);1H. The first kappa shape index (κ1) is 15.4. The van der Waals surface area contributed by atoms with Gasteiger partial charge in [0.25, 0.3) is 0 Å². The summed E-state index contributed by atoms with van der Waals surface area (Å²) in [5.74, 6) is 1.66. The van der Waals surface area contributed by atoms with Crippen molar-refractivity contribution in [3.63, 3.8) is 0 Å². The molecule has 0 aromatic heterocycles. The maximum absolute atomic E-state index is 5.98. The molecule has 18 heavy (non-hydrogen) atoms. The summed E-state index contributed by atoms with van der Waals surface area (Å²) in [5, 5.41) is 3.87. The molecule has 1 heterocycles. The van der Waals surface area contributed by atoms with Gasteiger partial charge in [-0.2, -0.15) is 0 Å². The summed E-state index contributed by atoms with van der Waals surface area (Å²) in [4.78, 5) is 6.42. The Morgan fingerprint density at radius 2 is 2.22 bits per heavy atom. The topological polar surface area (TPSA) is 36.9 Å². The van der Waals surface area contributed by atoms with Gasteiger partial charge in [0.15, 0.2) is 5.96 Å². The maximum Gasteiger partial charge on any atom is 0.193 e. The molecule has 1 aliphatic rings. The Labute approximate surface area is 129 Å². The zero-order valence-electron chi connectivity index (χ0n) is 10.2. The van der Waals surface area contributed by atoms with E-state index in [4.69, 9.17) is 16.3 Å². The Morgan fingerprint density at radius 3 is 2.89 bits per heavy atom. The van der Waals surface area contributed by atoms with Gasteiger partial charge in [-0.15, -0.1) is 24.0 Å². The molecule has 0 saturated heterocycles. The fourth-order valence-electron chi connectivity index (χ4n) is 1.61. The molecule has 0 radical (unpaired) electrons. The van der Waals surface area contributed by atoms with Crippen molar-refractivity contribution in [2.45, 2.75) is 0 Å². The number of hydrogen-bond acceptors (Lipinski definition) is 4. The van der Waals surface area contributed by atoms with Crippen LogP contribution >= 0.6 is 35.6 Å². The second-order valence-electron chi connectivity index (χ2n) is 3.83. The van der Waals surface area contributed by atoms with Crippen LogP contribution in [0.3, 0.4) is 0 Å². The highest BCUT2D eigenvalue weighted by atomic mass is 127. The third-order valence-corrected chi connectivity index (χ3v) is 2.85. The van der Waals surface area contributed by atoms with Gasteiger partial charge in [0, 0.05) is 13.6 Å². The molecule has 0 unspecified atom stereocenters. The van der Waals surface area contributed by atoms with E-state index in [-0.39, 0.29) is 24.0 Å². The number of halogens is 2. The van der Waals surface area contributed by atoms with Crippen molar-refractivity contribution in [3.8, 4) is 5.75 Å². The van der Waals surface area contributed by atoms with Gasteiger partial charge >= 0.3 is 0 Å². The molecular formula is C12H17ClIN3O. The van der Waals surface area contributed by atoms with Gasteiger partial charge in [-0.1, -0.05) is 23.7 Å². The summed E-state index contributed by atoms with van der Waals surface area (Å²) in [5.41, 5.74) is 0. The molecule has 1 aromatic rings. The molecule has 6 heteroatoms. The van der Waals surface area contributed by atoms with Crippen molar-refractivity contribution in [2.75, 3.05) is 33.3 Å². The molecule has 0 bridgehead atoms. The van der Waals surface area contributed by atoms with Gasteiger partial charge in [-0.3, -0.25) is 4.99 Å². The van der Waals surface area contributed by atoms with E-state index < -0.39 is 0 Å². The minimum absolute atomic E-state index is 0. The summed E-state index contributed by atoms with van der Waals surface area (Å²) < 4.78 is 5.56. The summed E-state index contributed by atoms with van der Waals surface area (Å²) >= 11 is 5.98. The number of para-hydroxylation sites is 1. The average molecular weight is 382 g/mol. The predicted molar refractivity (Wildman–Crippen MR) is 85.3 cm³/mol. The number of rotatable bonds is 4. The van der Waals surface area contributed by atoms with E-state index >= 15 is 0 Å². The van der Waals surface area contributed by atoms with Crippen molar-refractivity contribution >= 4 is 41.5 Å². The number of nitrogens with zero attached hydrogens (tertiary/aromatic N) is 2. The van der Waals surface area contributed by atoms with Crippen LogP contribution in [0.2, 0.25) is 5.02 Å². The van der Waals surface area contributed by atoms with Crippen LogP contribution in [0.4, 0.5) is 0 Å². The van der Waals surface area contributed by atoms with Gasteiger partial charge < -0.3 is 15.0 Å². The highest BCUT2D eigenvalue weighted by molar-refractivity contribution is 14.0. The van der Waals surface area contributed by atoms with E-state index in [1.54, 1.807) is 0 Å². The predicted octanol–water partition coefficient (Wildman–Crippen LogP) is 2.23. The third kappa shape index (κ3) is 4.20. The van der Waals surface area contributed by atoms with Crippen molar-refractivity contribution < 1.29 is 4.74 Å². The van der Waals surface area contributed by atoms with Crippen LogP contribution in [0.1, 0.15) is 0 Å². The average Bonchev–Trinajstić information content (AvgIpc) is 2.73. The molecule has 0 saturated carbocycles. The van der Waals surface area contributed by atoms with Crippen molar-refractivity contribution in [2.24, 2.45) is 4.99 Å². The van der Waals surface area contributed by atoms with Crippen LogP contribution in [-0.4, -0.2) is 44.1 Å². The minimum Gasteiger partial charge on any atom is -0.490 e. The highest BCUT2D eigenvalue weighted by Crippen LogP contribution is 2.22. The Morgan fingerprint density at radius 1 is 1.44 bits per heavy atom. The first-order chi connectivity index (χ1) is 8.27. The molecule has 0 spiro atoms. The minimum atomic E-state index is 0. The highest BCUT2D eigenvalue weighted by Gasteiger charge is 2.10. The van der Waals surface area contributed by atoms with Gasteiger partial charge in [-0.25, -0.2) is 0 Å². The lowest BCUT2D eigenvalue weighted by Crippen LogP contribution is -2.37. The molecule has 4 nitrogen and oxygen atoms in total. The van der Waals surface area contributed by atoms with Crippen LogP contribution in [0.15, 0.2) is 29.3 Å². The fraction of sp³-hybridized carbons (Fsp3) is 0.417. The lowest BCUT2D eigenvalue weighted by atomic mass is 10.3. The number of hydrogen-bond donors (Lipinski definition) is 1. The number of guanidine groups is 1. The van der Waals surface area contributed by atoms with E-state index in [9.17, 15) is 0 Å². The van der Waals surface area contributed by atoms with E-state index in [0.29, 0.717) is 18.2 Å². The summed E-state index contributed by atoms with van der Waals surface area (Å²) in [6, 6.07) is 7.47. The number of benzene rings is 1. The van der Waals surface area contributed by atoms with Crippen LogP contribution < -0.4 is 10.1 Å².